The highest BCUT2D eigenvalue weighted by molar-refractivity contribution is 5.32. The lowest BCUT2D eigenvalue weighted by Gasteiger charge is -2.27. The molecule has 1 aliphatic heterocycles. The molecule has 2 atom stereocenters. The summed E-state index contributed by atoms with van der Waals surface area (Å²) in [7, 11) is 0. The minimum Gasteiger partial charge on any atom is -0.483 e. The van der Waals surface area contributed by atoms with E-state index < -0.39 is 0 Å². The van der Waals surface area contributed by atoms with Crippen molar-refractivity contribution < 1.29 is 9.90 Å². The first-order chi connectivity index (χ1) is 9.95. The van der Waals surface area contributed by atoms with Gasteiger partial charge in [0.2, 0.25) is 0 Å². The molecule has 0 amide bonds. The van der Waals surface area contributed by atoms with Crippen molar-refractivity contribution in [1.82, 2.24) is 19.7 Å². The van der Waals surface area contributed by atoms with Crippen molar-refractivity contribution in [2.75, 3.05) is 13.1 Å². The molecule has 0 radical (unpaired) electrons. The van der Waals surface area contributed by atoms with Gasteiger partial charge in [-0.05, 0) is 46.0 Å². The van der Waals surface area contributed by atoms with Gasteiger partial charge in [0.05, 0.1) is 5.54 Å². The lowest BCUT2D eigenvalue weighted by molar-refractivity contribution is -0.122. The predicted molar refractivity (Wildman–Crippen MR) is 80.1 cm³/mol. The highest BCUT2D eigenvalue weighted by Crippen LogP contribution is 2.37. The normalized spacial score (nSPS) is 24.7. The van der Waals surface area contributed by atoms with Crippen molar-refractivity contribution in [3.05, 3.63) is 12.2 Å². The van der Waals surface area contributed by atoms with E-state index in [1.165, 1.54) is 25.8 Å². The van der Waals surface area contributed by atoms with Crippen LogP contribution in [0.5, 0.6) is 0 Å². The topological polar surface area (TPSA) is 71.2 Å². The molecule has 0 aromatic carbocycles. The molecule has 2 bridgehead atoms. The maximum absolute atomic E-state index is 8.36. The average Bonchev–Trinajstić information content (AvgIpc) is 3.12. The van der Waals surface area contributed by atoms with Crippen LogP contribution in [0.4, 0.5) is 0 Å². The minimum atomic E-state index is -0.250. The third kappa shape index (κ3) is 3.81. The molecule has 3 rings (SSSR count). The van der Waals surface area contributed by atoms with E-state index in [0.717, 1.165) is 30.7 Å². The average molecular weight is 294 g/mol. The van der Waals surface area contributed by atoms with Gasteiger partial charge in [0.1, 0.15) is 12.2 Å². The Bertz CT molecular complexity index is 466. The molecule has 118 valence electrons. The summed E-state index contributed by atoms with van der Waals surface area (Å²) < 4.78 is 2.07. The van der Waals surface area contributed by atoms with Gasteiger partial charge >= 0.3 is 0 Å². The van der Waals surface area contributed by atoms with Gasteiger partial charge in [-0.2, -0.15) is 5.10 Å². The van der Waals surface area contributed by atoms with Crippen molar-refractivity contribution in [3.63, 3.8) is 0 Å². The Kier molecular flexibility index (Phi) is 4.98. The van der Waals surface area contributed by atoms with Gasteiger partial charge in [-0.3, -0.25) is 9.69 Å². The van der Waals surface area contributed by atoms with Crippen molar-refractivity contribution in [1.29, 1.82) is 0 Å². The fraction of sp³-hybridized carbons (Fsp3) is 0.800. The van der Waals surface area contributed by atoms with Crippen molar-refractivity contribution in [2.24, 2.45) is 5.92 Å². The third-order valence-electron chi connectivity index (χ3n) is 4.40. The summed E-state index contributed by atoms with van der Waals surface area (Å²) in [4.78, 5) is 15.5. The van der Waals surface area contributed by atoms with E-state index in [2.05, 4.69) is 40.4 Å². The maximum Gasteiger partial charge on any atom is 0.290 e. The Hall–Kier alpha value is -1.43. The molecule has 1 aliphatic carbocycles. The molecule has 0 unspecified atom stereocenters. The van der Waals surface area contributed by atoms with Crippen LogP contribution in [-0.4, -0.2) is 50.4 Å². The maximum atomic E-state index is 8.36. The van der Waals surface area contributed by atoms with Crippen LogP contribution in [0.2, 0.25) is 0 Å². The Balaban J connectivity index is 0.000000497. The number of fused-ring (bicyclic) bond motifs is 2. The summed E-state index contributed by atoms with van der Waals surface area (Å²) in [5.41, 5.74) is 0.0375. The standard InChI is InChI=1S/C14H24N4.CH2O2/c1-14(2,3)18-13(15-10-16-18)6-7-17-9-11-4-5-12(17)8-11;2-1-3/h10-12H,4-9H2,1-3H3;1H,(H,2,3)/t11-,12+;/m1./s1. The monoisotopic (exact) mass is 294 g/mol. The van der Waals surface area contributed by atoms with E-state index >= 15 is 0 Å². The van der Waals surface area contributed by atoms with E-state index in [1.807, 2.05) is 0 Å². The number of hydrogen-bond acceptors (Lipinski definition) is 4. The first kappa shape index (κ1) is 15.9. The number of likely N-dealkylation sites (tertiary alicyclic amines) is 1. The summed E-state index contributed by atoms with van der Waals surface area (Å²) in [6.07, 6.45) is 7.03. The van der Waals surface area contributed by atoms with E-state index in [9.17, 15) is 0 Å². The second-order valence-electron chi connectivity index (χ2n) is 6.94. The first-order valence-corrected chi connectivity index (χ1v) is 7.67. The zero-order chi connectivity index (χ0) is 15.5. The molecular weight excluding hydrogens is 268 g/mol. The van der Waals surface area contributed by atoms with Crippen molar-refractivity contribution in [2.45, 2.75) is 58.0 Å². The van der Waals surface area contributed by atoms with Crippen LogP contribution in [-0.2, 0) is 16.8 Å². The van der Waals surface area contributed by atoms with Crippen LogP contribution in [0.1, 0.15) is 45.9 Å². The summed E-state index contributed by atoms with van der Waals surface area (Å²) in [6, 6.07) is 0.862. The van der Waals surface area contributed by atoms with E-state index in [1.54, 1.807) is 6.33 Å². The second-order valence-corrected chi connectivity index (χ2v) is 6.94. The fourth-order valence-corrected chi connectivity index (χ4v) is 3.54. The fourth-order valence-electron chi connectivity index (χ4n) is 3.54. The summed E-state index contributed by atoms with van der Waals surface area (Å²) >= 11 is 0. The second kappa shape index (κ2) is 6.56. The van der Waals surface area contributed by atoms with Gasteiger partial charge in [-0.15, -0.1) is 0 Å². The number of rotatable bonds is 3. The number of hydrogen-bond donors (Lipinski definition) is 1. The van der Waals surface area contributed by atoms with E-state index in [4.69, 9.17) is 9.90 Å². The number of carbonyl (C=O) groups is 1. The lowest BCUT2D eigenvalue weighted by Crippen LogP contribution is -2.35. The van der Waals surface area contributed by atoms with Crippen LogP contribution in [0.15, 0.2) is 6.33 Å². The molecule has 1 saturated heterocycles. The molecule has 2 heterocycles. The molecule has 1 aromatic rings. The quantitative estimate of drug-likeness (QED) is 0.860. The van der Waals surface area contributed by atoms with Crippen molar-refractivity contribution in [3.8, 4) is 0 Å². The van der Waals surface area contributed by atoms with Gasteiger partial charge < -0.3 is 5.11 Å². The summed E-state index contributed by atoms with van der Waals surface area (Å²) in [6.45, 7) is 8.76. The van der Waals surface area contributed by atoms with Gasteiger partial charge in [0.15, 0.2) is 0 Å². The lowest BCUT2D eigenvalue weighted by atomic mass is 10.1. The Morgan fingerprint density at radius 1 is 1.43 bits per heavy atom. The zero-order valence-electron chi connectivity index (χ0n) is 13.2. The molecule has 1 aromatic heterocycles. The third-order valence-corrected chi connectivity index (χ3v) is 4.40. The van der Waals surface area contributed by atoms with Gasteiger partial charge in [-0.1, -0.05) is 0 Å². The highest BCUT2D eigenvalue weighted by Gasteiger charge is 2.37. The molecular formula is C15H26N4O2. The van der Waals surface area contributed by atoms with Gasteiger partial charge in [0, 0.05) is 25.6 Å². The molecule has 0 spiro atoms. The molecule has 6 nitrogen and oxygen atoms in total. The van der Waals surface area contributed by atoms with Crippen LogP contribution in [0, 0.1) is 5.92 Å². The molecule has 2 aliphatic rings. The largest absolute Gasteiger partial charge is 0.483 e. The van der Waals surface area contributed by atoms with Crippen LogP contribution in [0.3, 0.4) is 0 Å². The SMILES string of the molecule is CC(C)(C)n1ncnc1CCN1C[C@@H]2CC[C@H]1C2.O=CO. The molecule has 6 heteroatoms. The number of nitrogens with zero attached hydrogens (tertiary/aromatic N) is 4. The summed E-state index contributed by atoms with van der Waals surface area (Å²) in [5.74, 6) is 2.11. The van der Waals surface area contributed by atoms with Crippen LogP contribution >= 0.6 is 0 Å². The number of piperidine rings is 1. The summed E-state index contributed by atoms with van der Waals surface area (Å²) in [5, 5.41) is 11.3. The van der Waals surface area contributed by atoms with Crippen LogP contribution in [0.25, 0.3) is 0 Å². The Morgan fingerprint density at radius 3 is 2.67 bits per heavy atom. The number of carboxylic acid groups (broad SMARTS) is 1. The predicted octanol–water partition coefficient (Wildman–Crippen LogP) is 1.76. The van der Waals surface area contributed by atoms with Gasteiger partial charge in [0.25, 0.3) is 6.47 Å². The molecule has 2 fully saturated rings. The Labute approximate surface area is 126 Å². The first-order valence-electron chi connectivity index (χ1n) is 7.67. The highest BCUT2D eigenvalue weighted by atomic mass is 16.3. The molecule has 21 heavy (non-hydrogen) atoms. The number of aromatic nitrogens is 3. The van der Waals surface area contributed by atoms with Crippen molar-refractivity contribution >= 4 is 6.47 Å². The minimum absolute atomic E-state index is 0.0375. The molecule has 1 N–H and O–H groups in total. The molecule has 1 saturated carbocycles. The zero-order valence-corrected chi connectivity index (χ0v) is 13.2. The van der Waals surface area contributed by atoms with Crippen LogP contribution < -0.4 is 0 Å². The Morgan fingerprint density at radius 2 is 2.14 bits per heavy atom. The van der Waals surface area contributed by atoms with E-state index in [-0.39, 0.29) is 12.0 Å². The smallest absolute Gasteiger partial charge is 0.290 e. The van der Waals surface area contributed by atoms with E-state index in [0.29, 0.717) is 0 Å². The van der Waals surface area contributed by atoms with Gasteiger partial charge in [-0.25, -0.2) is 9.67 Å².